The summed E-state index contributed by atoms with van der Waals surface area (Å²) in [7, 11) is 0. The molecular formula is C20H25N5O2. The number of hydrogen-bond acceptors (Lipinski definition) is 4. The van der Waals surface area contributed by atoms with E-state index in [0.717, 1.165) is 32.4 Å². The SMILES string of the molecule is O=C(CCn1ccnc1)Nc1cccc(C(=O)N2C3CCNCC2CC3)c1. The van der Waals surface area contributed by atoms with Gasteiger partial charge in [-0.1, -0.05) is 6.07 Å². The lowest BCUT2D eigenvalue weighted by molar-refractivity contribution is -0.116. The number of carbonyl (C=O) groups is 2. The molecule has 2 aliphatic rings. The van der Waals surface area contributed by atoms with Crippen LogP contribution in [0.2, 0.25) is 0 Å². The van der Waals surface area contributed by atoms with Crippen LogP contribution in [-0.2, 0) is 11.3 Å². The number of imidazole rings is 1. The van der Waals surface area contributed by atoms with Gasteiger partial charge in [0.05, 0.1) is 6.33 Å². The van der Waals surface area contributed by atoms with Crippen molar-refractivity contribution in [2.45, 2.75) is 44.3 Å². The number of aromatic nitrogens is 2. The Morgan fingerprint density at radius 2 is 2.11 bits per heavy atom. The van der Waals surface area contributed by atoms with Crippen LogP contribution in [0.3, 0.4) is 0 Å². The number of nitrogens with zero attached hydrogens (tertiary/aromatic N) is 3. The van der Waals surface area contributed by atoms with E-state index in [0.29, 0.717) is 30.3 Å². The Labute approximate surface area is 158 Å². The molecule has 1 aromatic carbocycles. The van der Waals surface area contributed by atoms with Gasteiger partial charge in [-0.25, -0.2) is 4.98 Å². The highest BCUT2D eigenvalue weighted by molar-refractivity contribution is 5.97. The number of aryl methyl sites for hydroxylation is 1. The molecule has 0 radical (unpaired) electrons. The molecule has 2 amide bonds. The molecule has 7 nitrogen and oxygen atoms in total. The van der Waals surface area contributed by atoms with Gasteiger partial charge in [-0.2, -0.15) is 0 Å². The number of carbonyl (C=O) groups excluding carboxylic acids is 2. The van der Waals surface area contributed by atoms with Crippen molar-refractivity contribution in [2.24, 2.45) is 0 Å². The Morgan fingerprint density at radius 3 is 2.96 bits per heavy atom. The van der Waals surface area contributed by atoms with Gasteiger partial charge in [0.25, 0.3) is 5.91 Å². The lowest BCUT2D eigenvalue weighted by Crippen LogP contribution is -2.42. The number of rotatable bonds is 5. The summed E-state index contributed by atoms with van der Waals surface area (Å²) in [5.41, 5.74) is 1.30. The van der Waals surface area contributed by atoms with Crippen LogP contribution in [0.5, 0.6) is 0 Å². The molecule has 7 heteroatoms. The average molecular weight is 367 g/mol. The third-order valence-electron chi connectivity index (χ3n) is 5.44. The van der Waals surface area contributed by atoms with E-state index >= 15 is 0 Å². The minimum atomic E-state index is -0.0765. The van der Waals surface area contributed by atoms with Gasteiger partial charge in [0.2, 0.25) is 5.91 Å². The predicted molar refractivity (Wildman–Crippen MR) is 102 cm³/mol. The van der Waals surface area contributed by atoms with Crippen molar-refractivity contribution in [3.05, 3.63) is 48.5 Å². The van der Waals surface area contributed by atoms with Gasteiger partial charge in [-0.05, 0) is 44.0 Å². The van der Waals surface area contributed by atoms with Gasteiger partial charge in [0.15, 0.2) is 0 Å². The number of nitrogens with one attached hydrogen (secondary N) is 2. The van der Waals surface area contributed by atoms with Gasteiger partial charge in [0, 0.05) is 55.2 Å². The van der Waals surface area contributed by atoms with Crippen molar-refractivity contribution in [3.63, 3.8) is 0 Å². The number of hydrogen-bond donors (Lipinski definition) is 2. The number of amides is 2. The molecule has 2 N–H and O–H groups in total. The number of fused-ring (bicyclic) bond motifs is 2. The van der Waals surface area contributed by atoms with Gasteiger partial charge in [0.1, 0.15) is 0 Å². The first-order valence-electron chi connectivity index (χ1n) is 9.60. The first-order valence-corrected chi connectivity index (χ1v) is 9.60. The zero-order valence-electron chi connectivity index (χ0n) is 15.3. The summed E-state index contributed by atoms with van der Waals surface area (Å²) in [6.07, 6.45) is 8.73. The maximum Gasteiger partial charge on any atom is 0.254 e. The second-order valence-electron chi connectivity index (χ2n) is 7.27. The lowest BCUT2D eigenvalue weighted by atomic mass is 10.1. The van der Waals surface area contributed by atoms with Gasteiger partial charge >= 0.3 is 0 Å². The molecule has 1 aromatic heterocycles. The largest absolute Gasteiger partial charge is 0.337 e. The van der Waals surface area contributed by atoms with Gasteiger partial charge in [-0.3, -0.25) is 9.59 Å². The Hall–Kier alpha value is -2.67. The second kappa shape index (κ2) is 7.92. The molecule has 2 bridgehead atoms. The van der Waals surface area contributed by atoms with E-state index in [1.54, 1.807) is 18.6 Å². The Kier molecular flexibility index (Phi) is 5.20. The maximum atomic E-state index is 13.1. The van der Waals surface area contributed by atoms with Crippen molar-refractivity contribution in [1.82, 2.24) is 19.8 Å². The molecule has 2 unspecified atom stereocenters. The molecule has 2 atom stereocenters. The molecule has 27 heavy (non-hydrogen) atoms. The zero-order valence-corrected chi connectivity index (χ0v) is 15.3. The molecule has 0 saturated carbocycles. The molecule has 3 heterocycles. The average Bonchev–Trinajstić information content (AvgIpc) is 3.26. The summed E-state index contributed by atoms with van der Waals surface area (Å²) in [4.78, 5) is 31.3. The van der Waals surface area contributed by atoms with Crippen LogP contribution in [0.25, 0.3) is 0 Å². The Morgan fingerprint density at radius 1 is 1.22 bits per heavy atom. The third-order valence-corrected chi connectivity index (χ3v) is 5.44. The minimum absolute atomic E-state index is 0.0701. The summed E-state index contributed by atoms with van der Waals surface area (Å²) in [6.45, 7) is 2.42. The van der Waals surface area contributed by atoms with Crippen molar-refractivity contribution in [2.75, 3.05) is 18.4 Å². The van der Waals surface area contributed by atoms with E-state index in [1.807, 2.05) is 29.0 Å². The molecule has 142 valence electrons. The first-order chi connectivity index (χ1) is 13.2. The van der Waals surface area contributed by atoms with Crippen molar-refractivity contribution < 1.29 is 9.59 Å². The van der Waals surface area contributed by atoms with E-state index < -0.39 is 0 Å². The molecule has 4 rings (SSSR count). The quantitative estimate of drug-likeness (QED) is 0.846. The van der Waals surface area contributed by atoms with Gasteiger partial charge in [-0.15, -0.1) is 0 Å². The fraction of sp³-hybridized carbons (Fsp3) is 0.450. The molecular weight excluding hydrogens is 342 g/mol. The standard InChI is InChI=1S/C20H25N5O2/c26-19(7-10-24-11-9-22-14-24)23-16-3-1-2-15(12-16)20(27)25-17-4-5-18(25)13-21-8-6-17/h1-3,9,11-12,14,17-18,21H,4-8,10,13H2,(H,23,26). The number of anilines is 1. The van der Waals surface area contributed by atoms with Crippen molar-refractivity contribution in [1.29, 1.82) is 0 Å². The Balaban J connectivity index is 1.41. The molecule has 0 spiro atoms. The molecule has 2 aliphatic heterocycles. The normalized spacial score (nSPS) is 21.7. The fourth-order valence-corrected chi connectivity index (χ4v) is 4.07. The van der Waals surface area contributed by atoms with Gasteiger partial charge < -0.3 is 20.1 Å². The number of benzene rings is 1. The van der Waals surface area contributed by atoms with Crippen LogP contribution < -0.4 is 10.6 Å². The highest BCUT2D eigenvalue weighted by atomic mass is 16.2. The summed E-state index contributed by atoms with van der Waals surface area (Å²) in [6, 6.07) is 7.88. The predicted octanol–water partition coefficient (Wildman–Crippen LogP) is 1.88. The van der Waals surface area contributed by atoms with E-state index in [2.05, 4.69) is 20.5 Å². The van der Waals surface area contributed by atoms with E-state index in [9.17, 15) is 9.59 Å². The summed E-state index contributed by atoms with van der Waals surface area (Å²) in [5, 5.41) is 6.32. The van der Waals surface area contributed by atoms with E-state index in [-0.39, 0.29) is 17.9 Å². The van der Waals surface area contributed by atoms with Crippen LogP contribution >= 0.6 is 0 Å². The Bertz CT molecular complexity index is 790. The topological polar surface area (TPSA) is 79.3 Å². The molecule has 0 aliphatic carbocycles. The van der Waals surface area contributed by atoms with E-state index in [1.165, 1.54) is 0 Å². The third kappa shape index (κ3) is 4.03. The summed E-state index contributed by atoms with van der Waals surface area (Å²) < 4.78 is 1.86. The van der Waals surface area contributed by atoms with Crippen LogP contribution in [0.4, 0.5) is 5.69 Å². The van der Waals surface area contributed by atoms with Crippen LogP contribution in [0.1, 0.15) is 36.0 Å². The highest BCUT2D eigenvalue weighted by Crippen LogP contribution is 2.30. The van der Waals surface area contributed by atoms with Crippen molar-refractivity contribution >= 4 is 17.5 Å². The molecule has 2 fully saturated rings. The molecule has 2 aromatic rings. The van der Waals surface area contributed by atoms with Crippen LogP contribution in [-0.4, -0.2) is 51.4 Å². The maximum absolute atomic E-state index is 13.1. The minimum Gasteiger partial charge on any atom is -0.337 e. The van der Waals surface area contributed by atoms with E-state index in [4.69, 9.17) is 0 Å². The highest BCUT2D eigenvalue weighted by Gasteiger charge is 2.38. The summed E-state index contributed by atoms with van der Waals surface area (Å²) in [5.74, 6) is -0.00643. The molecule has 2 saturated heterocycles. The van der Waals surface area contributed by atoms with Crippen LogP contribution in [0.15, 0.2) is 43.0 Å². The summed E-state index contributed by atoms with van der Waals surface area (Å²) >= 11 is 0. The zero-order chi connectivity index (χ0) is 18.6. The monoisotopic (exact) mass is 367 g/mol. The lowest BCUT2D eigenvalue weighted by Gasteiger charge is -2.28. The van der Waals surface area contributed by atoms with Crippen molar-refractivity contribution in [3.8, 4) is 0 Å². The fourth-order valence-electron chi connectivity index (χ4n) is 4.07. The second-order valence-corrected chi connectivity index (χ2v) is 7.27. The smallest absolute Gasteiger partial charge is 0.254 e. The first kappa shape index (κ1) is 17.7. The van der Waals surface area contributed by atoms with Crippen LogP contribution in [0, 0.1) is 0 Å².